The summed E-state index contributed by atoms with van der Waals surface area (Å²) >= 11 is 0. The molecule has 1 atom stereocenters. The molecule has 2 nitrogen and oxygen atoms in total. The van der Waals surface area contributed by atoms with Crippen LogP contribution in [0, 0.1) is 5.92 Å². The molecule has 0 fully saturated rings. The number of hydrogen-bond donors (Lipinski definition) is 0. The van der Waals surface area contributed by atoms with Crippen molar-refractivity contribution in [2.24, 2.45) is 5.92 Å². The van der Waals surface area contributed by atoms with E-state index in [1.165, 1.54) is 16.8 Å². The number of benzene rings is 2. The Hall–Kier alpha value is -2.09. The summed E-state index contributed by atoms with van der Waals surface area (Å²) in [6.45, 7) is 1.68. The molecular weight excluding hydrogens is 234 g/mol. The van der Waals surface area contributed by atoms with Crippen LogP contribution in [0.15, 0.2) is 54.6 Å². The van der Waals surface area contributed by atoms with E-state index in [0.29, 0.717) is 0 Å². The molecular formula is C17H17NO. The Labute approximate surface area is 113 Å². The van der Waals surface area contributed by atoms with E-state index >= 15 is 0 Å². The first-order valence-corrected chi connectivity index (χ1v) is 6.69. The third-order valence-corrected chi connectivity index (χ3v) is 3.68. The number of nitrogens with zero attached hydrogens (tertiary/aromatic N) is 1. The van der Waals surface area contributed by atoms with E-state index in [2.05, 4.69) is 47.4 Å². The van der Waals surface area contributed by atoms with Crippen molar-refractivity contribution in [1.82, 2.24) is 0 Å². The highest BCUT2D eigenvalue weighted by Gasteiger charge is 2.23. The van der Waals surface area contributed by atoms with Crippen molar-refractivity contribution in [3.63, 3.8) is 0 Å². The van der Waals surface area contributed by atoms with Gasteiger partial charge < -0.3 is 9.69 Å². The topological polar surface area (TPSA) is 20.3 Å². The van der Waals surface area contributed by atoms with Crippen LogP contribution in [0.2, 0.25) is 0 Å². The molecule has 0 saturated heterocycles. The molecule has 0 radical (unpaired) electrons. The van der Waals surface area contributed by atoms with Crippen LogP contribution in [-0.2, 0) is 17.8 Å². The predicted molar refractivity (Wildman–Crippen MR) is 77.2 cm³/mol. The first kappa shape index (κ1) is 12.0. The van der Waals surface area contributed by atoms with Crippen molar-refractivity contribution >= 4 is 12.0 Å². The van der Waals surface area contributed by atoms with Crippen LogP contribution in [0.5, 0.6) is 0 Å². The Kier molecular flexibility index (Phi) is 3.32. The highest BCUT2D eigenvalue weighted by atomic mass is 16.1. The molecule has 2 aromatic rings. The van der Waals surface area contributed by atoms with Crippen LogP contribution in [0.1, 0.15) is 11.1 Å². The summed E-state index contributed by atoms with van der Waals surface area (Å²) in [5, 5.41) is 0. The zero-order valence-corrected chi connectivity index (χ0v) is 10.8. The third-order valence-electron chi connectivity index (χ3n) is 3.68. The molecule has 96 valence electrons. The maximum atomic E-state index is 11.1. The van der Waals surface area contributed by atoms with Crippen LogP contribution >= 0.6 is 0 Å². The zero-order valence-electron chi connectivity index (χ0n) is 10.8. The Morgan fingerprint density at radius 2 is 1.79 bits per heavy atom. The standard InChI is InChI=1S/C17H17NO/c19-13-15-10-16-8-4-5-9-17(16)18(12-15)11-14-6-2-1-3-7-14/h1-9,13,15H,10-12H2/t15-/m0/s1. The number of anilines is 1. The van der Waals surface area contributed by atoms with Gasteiger partial charge in [0.15, 0.2) is 0 Å². The van der Waals surface area contributed by atoms with E-state index in [0.717, 1.165) is 25.8 Å². The van der Waals surface area contributed by atoms with E-state index in [4.69, 9.17) is 0 Å². The summed E-state index contributed by atoms with van der Waals surface area (Å²) < 4.78 is 0. The quantitative estimate of drug-likeness (QED) is 0.781. The molecule has 1 aliphatic rings. The molecule has 0 spiro atoms. The molecule has 1 aliphatic heterocycles. The van der Waals surface area contributed by atoms with Crippen molar-refractivity contribution in [3.8, 4) is 0 Å². The molecule has 0 saturated carbocycles. The van der Waals surface area contributed by atoms with Gasteiger partial charge in [-0.2, -0.15) is 0 Å². The monoisotopic (exact) mass is 251 g/mol. The number of para-hydroxylation sites is 1. The number of carbonyl (C=O) groups excluding carboxylic acids is 1. The van der Waals surface area contributed by atoms with E-state index in [9.17, 15) is 4.79 Å². The first-order valence-electron chi connectivity index (χ1n) is 6.69. The third kappa shape index (κ3) is 2.53. The second-order valence-corrected chi connectivity index (χ2v) is 5.10. The van der Waals surface area contributed by atoms with Crippen LogP contribution in [0.4, 0.5) is 5.69 Å². The minimum Gasteiger partial charge on any atom is -0.366 e. The lowest BCUT2D eigenvalue weighted by Gasteiger charge is -2.34. The normalized spacial score (nSPS) is 17.9. The molecule has 3 rings (SSSR count). The fourth-order valence-corrected chi connectivity index (χ4v) is 2.77. The molecule has 19 heavy (non-hydrogen) atoms. The number of fused-ring (bicyclic) bond motifs is 1. The molecule has 0 N–H and O–H groups in total. The van der Waals surface area contributed by atoms with Gasteiger partial charge in [0.05, 0.1) is 0 Å². The van der Waals surface area contributed by atoms with Gasteiger partial charge >= 0.3 is 0 Å². The summed E-state index contributed by atoms with van der Waals surface area (Å²) in [4.78, 5) is 13.5. The van der Waals surface area contributed by atoms with Crippen molar-refractivity contribution in [2.45, 2.75) is 13.0 Å². The summed E-state index contributed by atoms with van der Waals surface area (Å²) in [6, 6.07) is 18.8. The Bertz CT molecular complexity index is 564. The average molecular weight is 251 g/mol. The lowest BCUT2D eigenvalue weighted by atomic mass is 9.93. The van der Waals surface area contributed by atoms with Gasteiger partial charge in [0.25, 0.3) is 0 Å². The summed E-state index contributed by atoms with van der Waals surface area (Å²) in [6.07, 6.45) is 1.96. The minimum atomic E-state index is 0.110. The summed E-state index contributed by atoms with van der Waals surface area (Å²) in [7, 11) is 0. The molecule has 2 aromatic carbocycles. The fourth-order valence-electron chi connectivity index (χ4n) is 2.77. The van der Waals surface area contributed by atoms with Gasteiger partial charge in [-0.15, -0.1) is 0 Å². The SMILES string of the molecule is O=C[C@H]1Cc2ccccc2N(Cc2ccccc2)C1. The van der Waals surface area contributed by atoms with Crippen LogP contribution in [-0.4, -0.2) is 12.8 Å². The summed E-state index contributed by atoms with van der Waals surface area (Å²) in [5.74, 6) is 0.110. The van der Waals surface area contributed by atoms with Crippen molar-refractivity contribution < 1.29 is 4.79 Å². The lowest BCUT2D eigenvalue weighted by Crippen LogP contribution is -2.35. The van der Waals surface area contributed by atoms with Gasteiger partial charge in [-0.05, 0) is 23.6 Å². The van der Waals surface area contributed by atoms with E-state index in [-0.39, 0.29) is 5.92 Å². The van der Waals surface area contributed by atoms with Gasteiger partial charge in [0, 0.05) is 24.7 Å². The number of hydrogen-bond acceptors (Lipinski definition) is 2. The molecule has 0 aliphatic carbocycles. The van der Waals surface area contributed by atoms with Gasteiger partial charge in [-0.3, -0.25) is 0 Å². The molecule has 2 heteroatoms. The van der Waals surface area contributed by atoms with Gasteiger partial charge in [0.1, 0.15) is 6.29 Å². The van der Waals surface area contributed by atoms with Crippen LogP contribution in [0.25, 0.3) is 0 Å². The van der Waals surface area contributed by atoms with Crippen molar-refractivity contribution in [3.05, 3.63) is 65.7 Å². The maximum Gasteiger partial charge on any atom is 0.125 e. The largest absolute Gasteiger partial charge is 0.366 e. The minimum absolute atomic E-state index is 0.110. The molecule has 1 heterocycles. The van der Waals surface area contributed by atoms with Gasteiger partial charge in [-0.25, -0.2) is 0 Å². The van der Waals surface area contributed by atoms with E-state index < -0.39 is 0 Å². The molecule has 0 amide bonds. The highest BCUT2D eigenvalue weighted by molar-refractivity contribution is 5.63. The Balaban J connectivity index is 1.90. The predicted octanol–water partition coefficient (Wildman–Crippen LogP) is 3.06. The number of aldehydes is 1. The summed E-state index contributed by atoms with van der Waals surface area (Å²) in [5.41, 5.74) is 3.83. The van der Waals surface area contributed by atoms with Crippen molar-refractivity contribution in [2.75, 3.05) is 11.4 Å². The van der Waals surface area contributed by atoms with Crippen molar-refractivity contribution in [1.29, 1.82) is 0 Å². The average Bonchev–Trinajstić information content (AvgIpc) is 2.48. The smallest absolute Gasteiger partial charge is 0.125 e. The number of rotatable bonds is 3. The number of carbonyl (C=O) groups is 1. The second kappa shape index (κ2) is 5.27. The fraction of sp³-hybridized carbons (Fsp3) is 0.235. The van der Waals surface area contributed by atoms with E-state index in [1.807, 2.05) is 12.1 Å². The Morgan fingerprint density at radius 1 is 1.05 bits per heavy atom. The van der Waals surface area contributed by atoms with E-state index in [1.54, 1.807) is 0 Å². The second-order valence-electron chi connectivity index (χ2n) is 5.10. The highest BCUT2D eigenvalue weighted by Crippen LogP contribution is 2.30. The van der Waals surface area contributed by atoms with Crippen LogP contribution in [0.3, 0.4) is 0 Å². The maximum absolute atomic E-state index is 11.1. The Morgan fingerprint density at radius 3 is 2.58 bits per heavy atom. The zero-order chi connectivity index (χ0) is 13.1. The molecule has 0 aromatic heterocycles. The molecule has 0 unspecified atom stereocenters. The molecule has 0 bridgehead atoms. The lowest BCUT2D eigenvalue weighted by molar-refractivity contribution is -0.110. The van der Waals surface area contributed by atoms with Gasteiger partial charge in [0.2, 0.25) is 0 Å². The van der Waals surface area contributed by atoms with Gasteiger partial charge in [-0.1, -0.05) is 48.5 Å². The van der Waals surface area contributed by atoms with Crippen LogP contribution < -0.4 is 4.90 Å². The first-order chi connectivity index (χ1) is 9.36.